The van der Waals surface area contributed by atoms with Gasteiger partial charge in [0.1, 0.15) is 0 Å². The van der Waals surface area contributed by atoms with Gasteiger partial charge in [-0.1, -0.05) is 5.92 Å². The van der Waals surface area contributed by atoms with Crippen molar-refractivity contribution < 1.29 is 23.1 Å². The van der Waals surface area contributed by atoms with Crippen LogP contribution in [0.5, 0.6) is 5.75 Å². The normalized spacial score (nSPS) is 10.9. The third-order valence-electron chi connectivity index (χ3n) is 2.16. The summed E-state index contributed by atoms with van der Waals surface area (Å²) in [7, 11) is 0. The molecule has 0 spiro atoms. The Kier molecular flexibility index (Phi) is 3.56. The smallest absolute Gasteiger partial charge is 0.255 e. The minimum atomic E-state index is -1.75. The van der Waals surface area contributed by atoms with Crippen molar-refractivity contribution in [1.82, 2.24) is 5.32 Å². The van der Waals surface area contributed by atoms with Crippen LogP contribution in [0.2, 0.25) is 0 Å². The largest absolute Gasteiger partial charge is 0.503 e. The van der Waals surface area contributed by atoms with Crippen molar-refractivity contribution in [3.8, 4) is 18.1 Å². The Morgan fingerprint density at radius 2 is 1.94 bits per heavy atom. The van der Waals surface area contributed by atoms with Crippen LogP contribution < -0.4 is 5.32 Å². The molecule has 0 unspecified atom stereocenters. The maximum Gasteiger partial charge on any atom is 0.255 e. The lowest BCUT2D eigenvalue weighted by Crippen LogP contribution is -2.42. The summed E-state index contributed by atoms with van der Waals surface area (Å²) >= 11 is 0. The van der Waals surface area contributed by atoms with Crippen LogP contribution in [0.15, 0.2) is 6.07 Å². The maximum absolute atomic E-state index is 13.4. The Labute approximate surface area is 102 Å². The summed E-state index contributed by atoms with van der Waals surface area (Å²) in [5.41, 5.74) is -1.92. The van der Waals surface area contributed by atoms with Crippen LogP contribution in [-0.2, 0) is 0 Å². The van der Waals surface area contributed by atoms with Crippen molar-refractivity contribution >= 4 is 5.91 Å². The fourth-order valence-electron chi connectivity index (χ4n) is 1.14. The standard InChI is InChI=1S/C12H10F3NO2/c1-4-12(2,3)16-11(18)6-5-7(13)9(15)10(17)8(6)14/h1,5,17H,2-3H3,(H,16,18). The van der Waals surface area contributed by atoms with Crippen molar-refractivity contribution in [3.05, 3.63) is 29.1 Å². The van der Waals surface area contributed by atoms with Crippen LogP contribution in [0.4, 0.5) is 13.2 Å². The molecule has 0 atom stereocenters. The van der Waals surface area contributed by atoms with E-state index in [4.69, 9.17) is 11.5 Å². The van der Waals surface area contributed by atoms with E-state index in [0.29, 0.717) is 6.07 Å². The fourth-order valence-corrected chi connectivity index (χ4v) is 1.14. The molecule has 0 aromatic heterocycles. The summed E-state index contributed by atoms with van der Waals surface area (Å²) < 4.78 is 39.2. The van der Waals surface area contributed by atoms with Crippen LogP contribution in [0.25, 0.3) is 0 Å². The first-order chi connectivity index (χ1) is 8.19. The lowest BCUT2D eigenvalue weighted by molar-refractivity contribution is 0.0924. The van der Waals surface area contributed by atoms with E-state index in [1.807, 2.05) is 0 Å². The fraction of sp³-hybridized carbons (Fsp3) is 0.250. The zero-order valence-electron chi connectivity index (χ0n) is 9.64. The lowest BCUT2D eigenvalue weighted by atomic mass is 10.1. The Balaban J connectivity index is 3.20. The first kappa shape index (κ1) is 13.9. The molecule has 0 bridgehead atoms. The zero-order valence-corrected chi connectivity index (χ0v) is 9.64. The van der Waals surface area contributed by atoms with Crippen LogP contribution in [-0.4, -0.2) is 16.6 Å². The molecule has 2 N–H and O–H groups in total. The first-order valence-corrected chi connectivity index (χ1v) is 4.86. The van der Waals surface area contributed by atoms with E-state index in [1.165, 1.54) is 13.8 Å². The van der Waals surface area contributed by atoms with E-state index in [1.54, 1.807) is 0 Å². The monoisotopic (exact) mass is 257 g/mol. The molecule has 1 aromatic carbocycles. The number of phenols is 1. The van der Waals surface area contributed by atoms with Gasteiger partial charge in [-0.25, -0.2) is 8.78 Å². The van der Waals surface area contributed by atoms with E-state index < -0.39 is 40.2 Å². The maximum atomic E-state index is 13.4. The molecule has 0 saturated carbocycles. The Morgan fingerprint density at radius 1 is 1.39 bits per heavy atom. The van der Waals surface area contributed by atoms with Crippen LogP contribution in [0, 0.1) is 29.8 Å². The number of halogens is 3. The second-order valence-corrected chi connectivity index (χ2v) is 4.11. The van der Waals surface area contributed by atoms with E-state index >= 15 is 0 Å². The van der Waals surface area contributed by atoms with Gasteiger partial charge in [-0.05, 0) is 19.9 Å². The van der Waals surface area contributed by atoms with Crippen LogP contribution in [0.1, 0.15) is 24.2 Å². The highest BCUT2D eigenvalue weighted by Gasteiger charge is 2.25. The van der Waals surface area contributed by atoms with E-state index in [0.717, 1.165) is 0 Å². The van der Waals surface area contributed by atoms with Gasteiger partial charge in [0.2, 0.25) is 5.82 Å². The number of hydrogen-bond donors (Lipinski definition) is 2. The second-order valence-electron chi connectivity index (χ2n) is 4.11. The van der Waals surface area contributed by atoms with E-state index in [2.05, 4.69) is 11.2 Å². The zero-order chi connectivity index (χ0) is 14.1. The van der Waals surface area contributed by atoms with Gasteiger partial charge in [0, 0.05) is 0 Å². The van der Waals surface area contributed by atoms with Gasteiger partial charge in [0.15, 0.2) is 17.4 Å². The van der Waals surface area contributed by atoms with Crippen molar-refractivity contribution in [3.63, 3.8) is 0 Å². The van der Waals surface area contributed by atoms with Gasteiger partial charge in [-0.2, -0.15) is 4.39 Å². The molecule has 0 aliphatic rings. The minimum Gasteiger partial charge on any atom is -0.503 e. The number of amides is 1. The van der Waals surface area contributed by atoms with Crippen LogP contribution in [0.3, 0.4) is 0 Å². The number of aromatic hydroxyl groups is 1. The third-order valence-corrected chi connectivity index (χ3v) is 2.16. The number of nitrogens with one attached hydrogen (secondary N) is 1. The molecule has 0 fully saturated rings. The van der Waals surface area contributed by atoms with E-state index in [-0.39, 0.29) is 0 Å². The molecule has 1 amide bonds. The predicted octanol–water partition coefficient (Wildman–Crippen LogP) is 1.95. The second kappa shape index (κ2) is 4.61. The lowest BCUT2D eigenvalue weighted by Gasteiger charge is -2.19. The molecule has 0 aliphatic heterocycles. The molecule has 0 aliphatic carbocycles. The van der Waals surface area contributed by atoms with Gasteiger partial charge in [-0.3, -0.25) is 4.79 Å². The van der Waals surface area contributed by atoms with Crippen LogP contribution >= 0.6 is 0 Å². The summed E-state index contributed by atoms with van der Waals surface area (Å²) in [6.45, 7) is 2.92. The third kappa shape index (κ3) is 2.56. The number of terminal acetylenes is 1. The van der Waals surface area contributed by atoms with Gasteiger partial charge < -0.3 is 10.4 Å². The summed E-state index contributed by atoms with van der Waals surface area (Å²) in [6.07, 6.45) is 5.11. The quantitative estimate of drug-likeness (QED) is 0.628. The highest BCUT2D eigenvalue weighted by Crippen LogP contribution is 2.26. The summed E-state index contributed by atoms with van der Waals surface area (Å²) in [6, 6.07) is 0.353. The summed E-state index contributed by atoms with van der Waals surface area (Å²) in [4.78, 5) is 11.6. The SMILES string of the molecule is C#CC(C)(C)NC(=O)c1cc(F)c(F)c(O)c1F. The van der Waals surface area contributed by atoms with Gasteiger partial charge in [0.05, 0.1) is 11.1 Å². The average Bonchev–Trinajstić information content (AvgIpc) is 2.30. The molecule has 18 heavy (non-hydrogen) atoms. The average molecular weight is 257 g/mol. The molecule has 96 valence electrons. The number of carbonyl (C=O) groups is 1. The Bertz CT molecular complexity index is 547. The highest BCUT2D eigenvalue weighted by atomic mass is 19.2. The number of hydrogen-bond acceptors (Lipinski definition) is 2. The van der Waals surface area contributed by atoms with Gasteiger partial charge in [-0.15, -0.1) is 6.42 Å². The number of carbonyl (C=O) groups excluding carboxylic acids is 1. The molecule has 6 heteroatoms. The predicted molar refractivity (Wildman–Crippen MR) is 58.4 cm³/mol. The molecule has 0 radical (unpaired) electrons. The molecule has 0 saturated heterocycles. The number of rotatable bonds is 2. The molecule has 1 aromatic rings. The van der Waals surface area contributed by atoms with Crippen molar-refractivity contribution in [2.24, 2.45) is 0 Å². The molecular weight excluding hydrogens is 247 g/mol. The van der Waals surface area contributed by atoms with E-state index in [9.17, 15) is 18.0 Å². The molecular formula is C12H10F3NO2. The van der Waals surface area contributed by atoms with Crippen molar-refractivity contribution in [2.45, 2.75) is 19.4 Å². The minimum absolute atomic E-state index is 0.353. The Morgan fingerprint density at radius 3 is 2.44 bits per heavy atom. The van der Waals surface area contributed by atoms with Gasteiger partial charge in [0.25, 0.3) is 5.91 Å². The van der Waals surface area contributed by atoms with Crippen molar-refractivity contribution in [2.75, 3.05) is 0 Å². The molecule has 0 heterocycles. The van der Waals surface area contributed by atoms with Gasteiger partial charge >= 0.3 is 0 Å². The topological polar surface area (TPSA) is 49.3 Å². The first-order valence-electron chi connectivity index (χ1n) is 4.86. The highest BCUT2D eigenvalue weighted by molar-refractivity contribution is 5.95. The number of phenolic OH excluding ortho intramolecular Hbond substituents is 1. The summed E-state index contributed by atoms with van der Waals surface area (Å²) in [5, 5.41) is 11.2. The Hall–Kier alpha value is -2.16. The number of benzene rings is 1. The molecule has 1 rings (SSSR count). The molecule has 3 nitrogen and oxygen atoms in total. The summed E-state index contributed by atoms with van der Waals surface area (Å²) in [5.74, 6) is -5.20. The van der Waals surface area contributed by atoms with Crippen molar-refractivity contribution in [1.29, 1.82) is 0 Å².